The van der Waals surface area contributed by atoms with Gasteiger partial charge in [0.25, 0.3) is 5.91 Å². The third kappa shape index (κ3) is 5.08. The maximum Gasteiger partial charge on any atom is 0.305 e. The molecule has 1 unspecified atom stereocenters. The van der Waals surface area contributed by atoms with E-state index in [0.717, 1.165) is 34.8 Å². The maximum absolute atomic E-state index is 12.7. The molecule has 2 heterocycles. The molecule has 1 atom stereocenters. The van der Waals surface area contributed by atoms with Crippen molar-refractivity contribution in [1.82, 2.24) is 15.1 Å². The molecule has 0 fully saturated rings. The summed E-state index contributed by atoms with van der Waals surface area (Å²) in [6, 6.07) is 15.4. The van der Waals surface area contributed by atoms with Gasteiger partial charge in [-0.05, 0) is 68.1 Å². The van der Waals surface area contributed by atoms with Crippen molar-refractivity contribution in [3.05, 3.63) is 76.6 Å². The van der Waals surface area contributed by atoms with Crippen molar-refractivity contribution in [2.45, 2.75) is 33.1 Å². The molecule has 7 heteroatoms. The minimum Gasteiger partial charge on any atom is -0.493 e. The highest BCUT2D eigenvalue weighted by Gasteiger charge is 2.20. The van der Waals surface area contributed by atoms with Gasteiger partial charge in [0.15, 0.2) is 0 Å². The van der Waals surface area contributed by atoms with E-state index in [1.807, 2.05) is 61.0 Å². The van der Waals surface area contributed by atoms with Gasteiger partial charge >= 0.3 is 5.97 Å². The number of rotatable bonds is 7. The highest BCUT2D eigenvalue weighted by Crippen LogP contribution is 2.26. The summed E-state index contributed by atoms with van der Waals surface area (Å²) in [6.07, 6.45) is 1.80. The molecular formula is C26H29N3O4. The Hall–Kier alpha value is -3.61. The van der Waals surface area contributed by atoms with Crippen LogP contribution in [0.3, 0.4) is 0 Å². The van der Waals surface area contributed by atoms with Crippen molar-refractivity contribution in [2.24, 2.45) is 5.92 Å². The molecule has 0 bridgehead atoms. The Bertz CT molecular complexity index is 1150. The topological polar surface area (TPSA) is 82.5 Å². The number of aromatic nitrogens is 2. The molecule has 0 saturated carbocycles. The molecule has 2 aromatic carbocycles. The highest BCUT2D eigenvalue weighted by atomic mass is 16.5. The number of fused-ring (bicyclic) bond motifs is 1. The predicted octanol–water partition coefficient (Wildman–Crippen LogP) is 3.58. The van der Waals surface area contributed by atoms with E-state index in [9.17, 15) is 9.59 Å². The number of aryl methyl sites for hydroxylation is 1. The monoisotopic (exact) mass is 447 g/mol. The molecular weight excluding hydrogens is 418 g/mol. The largest absolute Gasteiger partial charge is 0.493 e. The first-order valence-corrected chi connectivity index (χ1v) is 11.2. The van der Waals surface area contributed by atoms with Crippen molar-refractivity contribution in [3.63, 3.8) is 0 Å². The number of nitrogens with one attached hydrogen (secondary N) is 1. The fourth-order valence-electron chi connectivity index (χ4n) is 4.23. The first kappa shape index (κ1) is 22.6. The van der Waals surface area contributed by atoms with E-state index in [1.165, 1.54) is 12.7 Å². The molecule has 0 aliphatic carbocycles. The summed E-state index contributed by atoms with van der Waals surface area (Å²) < 4.78 is 12.4. The van der Waals surface area contributed by atoms with E-state index >= 15 is 0 Å². The highest BCUT2D eigenvalue weighted by molar-refractivity contribution is 5.94. The summed E-state index contributed by atoms with van der Waals surface area (Å²) in [4.78, 5) is 24.2. The van der Waals surface area contributed by atoms with Gasteiger partial charge in [-0.3, -0.25) is 9.59 Å². The number of hydrogen-bond acceptors (Lipinski definition) is 5. The number of amides is 1. The van der Waals surface area contributed by atoms with Crippen LogP contribution in [0.15, 0.2) is 48.5 Å². The minimum absolute atomic E-state index is 0.104. The Labute approximate surface area is 193 Å². The van der Waals surface area contributed by atoms with Crippen LogP contribution in [0, 0.1) is 19.8 Å². The average molecular weight is 448 g/mol. The van der Waals surface area contributed by atoms with Crippen LogP contribution in [0.1, 0.15) is 39.3 Å². The van der Waals surface area contributed by atoms with Gasteiger partial charge < -0.3 is 14.8 Å². The number of hydrogen-bond donors (Lipinski definition) is 1. The second kappa shape index (κ2) is 9.90. The van der Waals surface area contributed by atoms with E-state index in [4.69, 9.17) is 9.47 Å². The Morgan fingerprint density at radius 2 is 1.91 bits per heavy atom. The first-order valence-electron chi connectivity index (χ1n) is 11.2. The lowest BCUT2D eigenvalue weighted by atomic mass is 9.96. The summed E-state index contributed by atoms with van der Waals surface area (Å²) in [5, 5.41) is 7.66. The lowest BCUT2D eigenvalue weighted by Crippen LogP contribution is -2.34. The Morgan fingerprint density at radius 1 is 1.15 bits per heavy atom. The molecule has 0 saturated heterocycles. The second-order valence-electron chi connectivity index (χ2n) is 8.38. The smallest absolute Gasteiger partial charge is 0.305 e. The molecule has 0 radical (unpaired) electrons. The second-order valence-corrected chi connectivity index (χ2v) is 8.38. The van der Waals surface area contributed by atoms with Gasteiger partial charge in [-0.2, -0.15) is 5.10 Å². The fraction of sp³-hybridized carbons (Fsp3) is 0.346. The van der Waals surface area contributed by atoms with E-state index in [-0.39, 0.29) is 17.8 Å². The Morgan fingerprint density at radius 3 is 2.67 bits per heavy atom. The standard InChI is InChI=1S/C26H29N3O4/c1-17-23(12-13-25(30)32-3)18(2)29(28-17)22-10-8-20(9-11-22)26(31)27-15-19-14-21-6-4-5-7-24(21)33-16-19/h4-11,19H,12-16H2,1-3H3,(H,27,31). The van der Waals surface area contributed by atoms with Crippen LogP contribution in [-0.4, -0.2) is 41.9 Å². The average Bonchev–Trinajstić information content (AvgIpc) is 3.13. The quantitative estimate of drug-likeness (QED) is 0.560. The van der Waals surface area contributed by atoms with Gasteiger partial charge in [0.2, 0.25) is 0 Å². The lowest BCUT2D eigenvalue weighted by Gasteiger charge is -2.25. The third-order valence-corrected chi connectivity index (χ3v) is 6.13. The van der Waals surface area contributed by atoms with Crippen molar-refractivity contribution in [1.29, 1.82) is 0 Å². The molecule has 1 amide bonds. The number of para-hydroxylation sites is 1. The minimum atomic E-state index is -0.235. The van der Waals surface area contributed by atoms with Crippen LogP contribution >= 0.6 is 0 Å². The summed E-state index contributed by atoms with van der Waals surface area (Å²) >= 11 is 0. The van der Waals surface area contributed by atoms with Gasteiger partial charge in [-0.1, -0.05) is 18.2 Å². The molecule has 7 nitrogen and oxygen atoms in total. The molecule has 3 aromatic rings. The molecule has 4 rings (SSSR count). The Balaban J connectivity index is 1.37. The van der Waals surface area contributed by atoms with Crippen LogP contribution in [0.4, 0.5) is 0 Å². The van der Waals surface area contributed by atoms with Crippen LogP contribution < -0.4 is 10.1 Å². The number of esters is 1. The summed E-state index contributed by atoms with van der Waals surface area (Å²) in [7, 11) is 1.39. The van der Waals surface area contributed by atoms with E-state index in [2.05, 4.69) is 16.5 Å². The molecule has 1 aromatic heterocycles. The van der Waals surface area contributed by atoms with Gasteiger partial charge in [0.1, 0.15) is 5.75 Å². The third-order valence-electron chi connectivity index (χ3n) is 6.13. The number of methoxy groups -OCH3 is 1. The lowest BCUT2D eigenvalue weighted by molar-refractivity contribution is -0.140. The zero-order valence-electron chi connectivity index (χ0n) is 19.3. The van der Waals surface area contributed by atoms with E-state index in [0.29, 0.717) is 31.6 Å². The molecule has 1 N–H and O–H groups in total. The zero-order valence-corrected chi connectivity index (χ0v) is 19.3. The van der Waals surface area contributed by atoms with Gasteiger partial charge in [-0.25, -0.2) is 4.68 Å². The summed E-state index contributed by atoms with van der Waals surface area (Å²) in [5.41, 5.74) is 5.56. The summed E-state index contributed by atoms with van der Waals surface area (Å²) in [6.45, 7) is 5.09. The van der Waals surface area contributed by atoms with Crippen molar-refractivity contribution < 1.29 is 19.1 Å². The van der Waals surface area contributed by atoms with E-state index in [1.54, 1.807) is 0 Å². The van der Waals surface area contributed by atoms with Crippen molar-refractivity contribution in [3.8, 4) is 11.4 Å². The van der Waals surface area contributed by atoms with Gasteiger partial charge in [0.05, 0.1) is 25.1 Å². The number of ether oxygens (including phenoxy) is 2. The number of carbonyl (C=O) groups is 2. The normalized spacial score (nSPS) is 14.8. The SMILES string of the molecule is COC(=O)CCc1c(C)nn(-c2ccc(C(=O)NCC3COc4ccccc4C3)cc2)c1C. The summed E-state index contributed by atoms with van der Waals surface area (Å²) in [5.74, 6) is 0.850. The van der Waals surface area contributed by atoms with Crippen LogP contribution in [0.2, 0.25) is 0 Å². The number of benzene rings is 2. The predicted molar refractivity (Wildman–Crippen MR) is 125 cm³/mol. The number of carbonyl (C=O) groups excluding carboxylic acids is 2. The van der Waals surface area contributed by atoms with Crippen LogP contribution in [0.5, 0.6) is 5.75 Å². The molecule has 172 valence electrons. The molecule has 33 heavy (non-hydrogen) atoms. The Kier molecular flexibility index (Phi) is 6.77. The van der Waals surface area contributed by atoms with Crippen molar-refractivity contribution >= 4 is 11.9 Å². The zero-order chi connectivity index (χ0) is 23.4. The maximum atomic E-state index is 12.7. The molecule has 0 spiro atoms. The van der Waals surface area contributed by atoms with Crippen molar-refractivity contribution in [2.75, 3.05) is 20.3 Å². The van der Waals surface area contributed by atoms with Gasteiger partial charge in [-0.15, -0.1) is 0 Å². The van der Waals surface area contributed by atoms with Crippen LogP contribution in [0.25, 0.3) is 5.69 Å². The first-order chi connectivity index (χ1) is 16.0. The molecule has 1 aliphatic rings. The van der Waals surface area contributed by atoms with Crippen LogP contribution in [-0.2, 0) is 22.4 Å². The van der Waals surface area contributed by atoms with E-state index < -0.39 is 0 Å². The number of nitrogens with zero attached hydrogens (tertiary/aromatic N) is 2. The fourth-order valence-corrected chi connectivity index (χ4v) is 4.23. The molecule has 1 aliphatic heterocycles. The van der Waals surface area contributed by atoms with Gasteiger partial charge in [0, 0.05) is 30.1 Å².